The van der Waals surface area contributed by atoms with Gasteiger partial charge < -0.3 is 5.73 Å². The van der Waals surface area contributed by atoms with Crippen molar-refractivity contribution in [3.63, 3.8) is 0 Å². The van der Waals surface area contributed by atoms with Crippen molar-refractivity contribution in [3.05, 3.63) is 16.1 Å². The first-order valence-corrected chi connectivity index (χ1v) is 5.12. The van der Waals surface area contributed by atoms with Crippen LogP contribution in [0.4, 0.5) is 0 Å². The average molecular weight is 184 g/mol. The molecular formula is C9H16N2S. The summed E-state index contributed by atoms with van der Waals surface area (Å²) in [5, 5.41) is 1.17. The van der Waals surface area contributed by atoms with Gasteiger partial charge >= 0.3 is 0 Å². The van der Waals surface area contributed by atoms with Crippen LogP contribution in [-0.4, -0.2) is 11.5 Å². The standard InChI is InChI=1S/C9H16N2S/c1-6(2)8-5-11-9(12-8)7(3)4-10/h5-7H,4,10H2,1-3H3. The Hall–Kier alpha value is -0.410. The Morgan fingerprint density at radius 1 is 1.50 bits per heavy atom. The number of nitrogens with zero attached hydrogens (tertiary/aromatic N) is 1. The SMILES string of the molecule is CC(C)c1cnc(C(C)CN)s1. The van der Waals surface area contributed by atoms with E-state index in [0.29, 0.717) is 18.4 Å². The molecule has 1 atom stereocenters. The van der Waals surface area contributed by atoms with Crippen LogP contribution in [0.1, 0.15) is 42.5 Å². The minimum absolute atomic E-state index is 0.405. The van der Waals surface area contributed by atoms with Crippen molar-refractivity contribution in [2.75, 3.05) is 6.54 Å². The second-order valence-electron chi connectivity index (χ2n) is 3.39. The molecule has 0 radical (unpaired) electrons. The molecule has 0 fully saturated rings. The van der Waals surface area contributed by atoms with Crippen molar-refractivity contribution < 1.29 is 0 Å². The monoisotopic (exact) mass is 184 g/mol. The minimum Gasteiger partial charge on any atom is -0.330 e. The maximum Gasteiger partial charge on any atom is 0.0968 e. The summed E-state index contributed by atoms with van der Waals surface area (Å²) in [6.07, 6.45) is 1.97. The van der Waals surface area contributed by atoms with Crippen LogP contribution in [0.25, 0.3) is 0 Å². The van der Waals surface area contributed by atoms with Crippen molar-refractivity contribution in [2.45, 2.75) is 32.6 Å². The second-order valence-corrected chi connectivity index (χ2v) is 4.49. The summed E-state index contributed by atoms with van der Waals surface area (Å²) in [5.41, 5.74) is 5.56. The maximum atomic E-state index is 5.56. The number of rotatable bonds is 3. The van der Waals surface area contributed by atoms with Crippen molar-refractivity contribution in [1.82, 2.24) is 4.98 Å². The van der Waals surface area contributed by atoms with Gasteiger partial charge in [-0.2, -0.15) is 0 Å². The van der Waals surface area contributed by atoms with Gasteiger partial charge in [-0.3, -0.25) is 0 Å². The molecule has 0 aromatic carbocycles. The smallest absolute Gasteiger partial charge is 0.0968 e. The zero-order valence-corrected chi connectivity index (χ0v) is 8.69. The summed E-state index contributed by atoms with van der Waals surface area (Å²) in [6, 6.07) is 0. The Morgan fingerprint density at radius 3 is 2.58 bits per heavy atom. The Labute approximate surface area is 77.8 Å². The number of thiazole rings is 1. The van der Waals surface area contributed by atoms with E-state index in [1.54, 1.807) is 11.3 Å². The number of hydrogen-bond acceptors (Lipinski definition) is 3. The van der Waals surface area contributed by atoms with E-state index < -0.39 is 0 Å². The zero-order valence-electron chi connectivity index (χ0n) is 7.87. The van der Waals surface area contributed by atoms with Crippen LogP contribution in [-0.2, 0) is 0 Å². The molecule has 0 saturated heterocycles. The normalized spacial score (nSPS) is 13.8. The maximum absolute atomic E-state index is 5.56. The van der Waals surface area contributed by atoms with Gasteiger partial charge in [0.1, 0.15) is 0 Å². The molecule has 0 saturated carbocycles. The van der Waals surface area contributed by atoms with Crippen molar-refractivity contribution in [1.29, 1.82) is 0 Å². The highest BCUT2D eigenvalue weighted by Gasteiger charge is 2.09. The Balaban J connectivity index is 2.77. The predicted octanol–water partition coefficient (Wildman–Crippen LogP) is 2.33. The van der Waals surface area contributed by atoms with Gasteiger partial charge in [0.25, 0.3) is 0 Å². The van der Waals surface area contributed by atoms with Gasteiger partial charge in [-0.1, -0.05) is 20.8 Å². The molecule has 0 amide bonds. The van der Waals surface area contributed by atoms with Gasteiger partial charge in [0.15, 0.2) is 0 Å². The molecule has 2 N–H and O–H groups in total. The Kier molecular flexibility index (Phi) is 3.23. The third kappa shape index (κ3) is 2.05. The molecule has 0 aliphatic carbocycles. The first-order valence-electron chi connectivity index (χ1n) is 4.30. The van der Waals surface area contributed by atoms with Crippen LogP contribution in [0.5, 0.6) is 0 Å². The quantitative estimate of drug-likeness (QED) is 0.783. The van der Waals surface area contributed by atoms with E-state index in [2.05, 4.69) is 25.8 Å². The van der Waals surface area contributed by atoms with Gasteiger partial charge in [-0.15, -0.1) is 11.3 Å². The Morgan fingerprint density at radius 2 is 2.17 bits per heavy atom. The fourth-order valence-electron chi connectivity index (χ4n) is 0.896. The molecular weight excluding hydrogens is 168 g/mol. The third-order valence-corrected chi connectivity index (χ3v) is 3.42. The molecule has 1 unspecified atom stereocenters. The van der Waals surface area contributed by atoms with Crippen LogP contribution >= 0.6 is 11.3 Å². The van der Waals surface area contributed by atoms with Gasteiger partial charge in [0, 0.05) is 23.5 Å². The Bertz CT molecular complexity index is 242. The molecule has 2 nitrogen and oxygen atoms in total. The lowest BCUT2D eigenvalue weighted by molar-refractivity contribution is 0.765. The molecule has 1 heterocycles. The van der Waals surface area contributed by atoms with Crippen LogP contribution in [0, 0.1) is 0 Å². The summed E-state index contributed by atoms with van der Waals surface area (Å²) in [5.74, 6) is 0.990. The largest absolute Gasteiger partial charge is 0.330 e. The topological polar surface area (TPSA) is 38.9 Å². The molecule has 1 aromatic rings. The highest BCUT2D eigenvalue weighted by Crippen LogP contribution is 2.26. The molecule has 0 spiro atoms. The van der Waals surface area contributed by atoms with E-state index >= 15 is 0 Å². The fourth-order valence-corrected chi connectivity index (χ4v) is 1.88. The van der Waals surface area contributed by atoms with E-state index in [1.807, 2.05) is 6.20 Å². The van der Waals surface area contributed by atoms with Gasteiger partial charge in [-0.05, 0) is 5.92 Å². The first kappa shape index (κ1) is 9.68. The highest BCUT2D eigenvalue weighted by molar-refractivity contribution is 7.11. The summed E-state index contributed by atoms with van der Waals surface area (Å²) >= 11 is 1.78. The molecule has 1 aromatic heterocycles. The van der Waals surface area contributed by atoms with Crippen molar-refractivity contribution >= 4 is 11.3 Å². The second kappa shape index (κ2) is 4.01. The fraction of sp³-hybridized carbons (Fsp3) is 0.667. The van der Waals surface area contributed by atoms with E-state index in [0.717, 1.165) is 0 Å². The molecule has 3 heteroatoms. The lowest BCUT2D eigenvalue weighted by Gasteiger charge is -2.02. The molecule has 1 rings (SSSR count). The van der Waals surface area contributed by atoms with E-state index in [4.69, 9.17) is 5.73 Å². The zero-order chi connectivity index (χ0) is 9.14. The highest BCUT2D eigenvalue weighted by atomic mass is 32.1. The van der Waals surface area contributed by atoms with Gasteiger partial charge in [-0.25, -0.2) is 4.98 Å². The van der Waals surface area contributed by atoms with E-state index in [9.17, 15) is 0 Å². The summed E-state index contributed by atoms with van der Waals surface area (Å²) < 4.78 is 0. The average Bonchev–Trinajstić information content (AvgIpc) is 2.51. The molecule has 12 heavy (non-hydrogen) atoms. The predicted molar refractivity (Wildman–Crippen MR) is 53.7 cm³/mol. The van der Waals surface area contributed by atoms with Crippen LogP contribution < -0.4 is 5.73 Å². The molecule has 0 bridgehead atoms. The van der Waals surface area contributed by atoms with Crippen LogP contribution in [0.3, 0.4) is 0 Å². The molecule has 68 valence electrons. The van der Waals surface area contributed by atoms with E-state index in [-0.39, 0.29) is 0 Å². The van der Waals surface area contributed by atoms with Crippen LogP contribution in [0.2, 0.25) is 0 Å². The van der Waals surface area contributed by atoms with Crippen molar-refractivity contribution in [3.8, 4) is 0 Å². The lowest BCUT2D eigenvalue weighted by Crippen LogP contribution is -2.08. The lowest BCUT2D eigenvalue weighted by atomic mass is 10.2. The van der Waals surface area contributed by atoms with Gasteiger partial charge in [0.05, 0.1) is 5.01 Å². The minimum atomic E-state index is 0.405. The van der Waals surface area contributed by atoms with Crippen LogP contribution in [0.15, 0.2) is 6.20 Å². The number of nitrogens with two attached hydrogens (primary N) is 1. The third-order valence-electron chi connectivity index (χ3n) is 1.89. The molecule has 0 aliphatic heterocycles. The number of aromatic nitrogens is 1. The van der Waals surface area contributed by atoms with Gasteiger partial charge in [0.2, 0.25) is 0 Å². The molecule has 0 aliphatic rings. The summed E-state index contributed by atoms with van der Waals surface area (Å²) in [4.78, 5) is 5.70. The van der Waals surface area contributed by atoms with E-state index in [1.165, 1.54) is 9.88 Å². The van der Waals surface area contributed by atoms with Crippen molar-refractivity contribution in [2.24, 2.45) is 5.73 Å². The summed E-state index contributed by atoms with van der Waals surface area (Å²) in [6.45, 7) is 7.17. The summed E-state index contributed by atoms with van der Waals surface area (Å²) in [7, 11) is 0. The number of hydrogen-bond donors (Lipinski definition) is 1. The first-order chi connectivity index (χ1) is 5.65.